The highest BCUT2D eigenvalue weighted by molar-refractivity contribution is 7.09. The highest BCUT2D eigenvalue weighted by atomic mass is 35.5. The van der Waals surface area contributed by atoms with E-state index < -0.39 is 0 Å². The molecule has 2 aliphatic rings. The normalized spacial score (nSPS) is 18.1. The van der Waals surface area contributed by atoms with Gasteiger partial charge >= 0.3 is 0 Å². The summed E-state index contributed by atoms with van der Waals surface area (Å²) in [7, 11) is 0. The first-order valence-corrected chi connectivity index (χ1v) is 11.1. The molecule has 4 nitrogen and oxygen atoms in total. The number of amides is 1. The number of carbonyl (C=O) groups is 1. The van der Waals surface area contributed by atoms with Crippen molar-refractivity contribution in [2.75, 3.05) is 0 Å². The number of hydrogen-bond donors (Lipinski definition) is 0. The molecule has 1 heterocycles. The fraction of sp³-hybridized carbons (Fsp3) is 0.524. The minimum absolute atomic E-state index is 0.114. The Balaban J connectivity index is 1.43. The lowest BCUT2D eigenvalue weighted by molar-refractivity contribution is 0.0575. The first kappa shape index (κ1) is 18.8. The Kier molecular flexibility index (Phi) is 5.98. The van der Waals surface area contributed by atoms with Crippen LogP contribution >= 0.6 is 22.9 Å². The summed E-state index contributed by atoms with van der Waals surface area (Å²) in [5, 5.41) is 3.40. The second kappa shape index (κ2) is 8.61. The molecule has 1 aromatic heterocycles. The van der Waals surface area contributed by atoms with E-state index in [1.807, 2.05) is 17.5 Å². The van der Waals surface area contributed by atoms with E-state index in [1.54, 1.807) is 12.1 Å². The molecule has 0 bridgehead atoms. The van der Waals surface area contributed by atoms with Gasteiger partial charge in [0.15, 0.2) is 0 Å². The molecular weight excluding hydrogens is 380 g/mol. The SMILES string of the molecule is O=C(c1csc(COc2ccc(Cl)cc2)n1)N(C1CCCC1)C1CCCC1. The number of aromatic nitrogens is 1. The zero-order valence-corrected chi connectivity index (χ0v) is 17.0. The van der Waals surface area contributed by atoms with Crippen molar-refractivity contribution in [2.24, 2.45) is 0 Å². The van der Waals surface area contributed by atoms with Gasteiger partial charge in [-0.25, -0.2) is 4.98 Å². The Hall–Kier alpha value is -1.59. The molecule has 0 saturated heterocycles. The van der Waals surface area contributed by atoms with Crippen molar-refractivity contribution in [1.82, 2.24) is 9.88 Å². The van der Waals surface area contributed by atoms with Crippen molar-refractivity contribution in [3.63, 3.8) is 0 Å². The summed E-state index contributed by atoms with van der Waals surface area (Å²) in [4.78, 5) is 20.0. The average molecular weight is 405 g/mol. The van der Waals surface area contributed by atoms with E-state index in [0.29, 0.717) is 29.4 Å². The van der Waals surface area contributed by atoms with Gasteiger partial charge in [-0.2, -0.15) is 0 Å². The Labute approximate surface area is 169 Å². The highest BCUT2D eigenvalue weighted by Gasteiger charge is 2.35. The smallest absolute Gasteiger partial charge is 0.273 e. The van der Waals surface area contributed by atoms with Gasteiger partial charge in [-0.3, -0.25) is 4.79 Å². The molecule has 0 N–H and O–H groups in total. The Morgan fingerprint density at radius 2 is 1.67 bits per heavy atom. The molecule has 2 aliphatic carbocycles. The number of hydrogen-bond acceptors (Lipinski definition) is 4. The van der Waals surface area contributed by atoms with Gasteiger partial charge in [0.1, 0.15) is 23.1 Å². The fourth-order valence-electron chi connectivity index (χ4n) is 4.28. The van der Waals surface area contributed by atoms with Crippen LogP contribution in [0.3, 0.4) is 0 Å². The van der Waals surface area contributed by atoms with Crippen molar-refractivity contribution < 1.29 is 9.53 Å². The van der Waals surface area contributed by atoms with Gasteiger partial charge in [0.25, 0.3) is 5.91 Å². The number of rotatable bonds is 6. The highest BCUT2D eigenvalue weighted by Crippen LogP contribution is 2.33. The van der Waals surface area contributed by atoms with E-state index in [-0.39, 0.29) is 5.91 Å². The van der Waals surface area contributed by atoms with E-state index in [0.717, 1.165) is 36.4 Å². The molecule has 144 valence electrons. The molecule has 0 spiro atoms. The van der Waals surface area contributed by atoms with Crippen molar-refractivity contribution in [3.05, 3.63) is 45.4 Å². The number of carbonyl (C=O) groups excluding carboxylic acids is 1. The summed E-state index contributed by atoms with van der Waals surface area (Å²) in [5.41, 5.74) is 0.577. The van der Waals surface area contributed by atoms with Gasteiger partial charge in [-0.05, 0) is 49.9 Å². The maximum absolute atomic E-state index is 13.3. The van der Waals surface area contributed by atoms with Crippen LogP contribution in [0, 0.1) is 0 Å². The maximum atomic E-state index is 13.3. The molecular formula is C21H25ClN2O2S. The zero-order valence-electron chi connectivity index (χ0n) is 15.4. The van der Waals surface area contributed by atoms with Crippen LogP contribution in [0.1, 0.15) is 66.9 Å². The van der Waals surface area contributed by atoms with Crippen LogP contribution in [0.15, 0.2) is 29.6 Å². The predicted molar refractivity (Wildman–Crippen MR) is 109 cm³/mol. The number of thiazole rings is 1. The monoisotopic (exact) mass is 404 g/mol. The summed E-state index contributed by atoms with van der Waals surface area (Å²) < 4.78 is 5.76. The summed E-state index contributed by atoms with van der Waals surface area (Å²) in [6.45, 7) is 0.367. The van der Waals surface area contributed by atoms with Crippen LogP contribution < -0.4 is 4.74 Å². The third-order valence-corrected chi connectivity index (χ3v) is 6.69. The van der Waals surface area contributed by atoms with Crippen molar-refractivity contribution in [3.8, 4) is 5.75 Å². The molecule has 0 unspecified atom stereocenters. The second-order valence-corrected chi connectivity index (χ2v) is 8.84. The number of halogens is 1. The molecule has 2 fully saturated rings. The van der Waals surface area contributed by atoms with Crippen LogP contribution in [0.25, 0.3) is 0 Å². The summed E-state index contributed by atoms with van der Waals surface area (Å²) in [6, 6.07) is 8.07. The molecule has 2 aromatic rings. The Bertz CT molecular complexity index is 749. The second-order valence-electron chi connectivity index (χ2n) is 7.46. The van der Waals surface area contributed by atoms with Crippen molar-refractivity contribution in [1.29, 1.82) is 0 Å². The van der Waals surface area contributed by atoms with Gasteiger partial charge in [-0.1, -0.05) is 37.3 Å². The molecule has 6 heteroatoms. The summed E-state index contributed by atoms with van der Waals surface area (Å²) in [5.74, 6) is 0.865. The lowest BCUT2D eigenvalue weighted by Gasteiger charge is -2.34. The van der Waals surface area contributed by atoms with Gasteiger partial charge < -0.3 is 9.64 Å². The van der Waals surface area contributed by atoms with Gasteiger partial charge in [0.2, 0.25) is 0 Å². The fourth-order valence-corrected chi connectivity index (χ4v) is 5.08. The summed E-state index contributed by atoms with van der Waals surface area (Å²) in [6.07, 6.45) is 9.49. The number of benzene rings is 1. The molecule has 0 atom stereocenters. The molecule has 27 heavy (non-hydrogen) atoms. The van der Waals surface area contributed by atoms with Gasteiger partial charge in [0.05, 0.1) is 0 Å². The number of nitrogens with zero attached hydrogens (tertiary/aromatic N) is 2. The lowest BCUT2D eigenvalue weighted by Crippen LogP contribution is -2.45. The quantitative estimate of drug-likeness (QED) is 0.619. The molecule has 2 saturated carbocycles. The van der Waals surface area contributed by atoms with Crippen LogP contribution in [-0.2, 0) is 6.61 Å². The molecule has 1 amide bonds. The number of ether oxygens (including phenoxy) is 1. The minimum Gasteiger partial charge on any atom is -0.486 e. The zero-order chi connectivity index (χ0) is 18.6. The van der Waals surface area contributed by atoms with E-state index in [2.05, 4.69) is 9.88 Å². The average Bonchev–Trinajstić information content (AvgIpc) is 3.44. The van der Waals surface area contributed by atoms with E-state index in [9.17, 15) is 4.79 Å². The molecule has 0 aliphatic heterocycles. The topological polar surface area (TPSA) is 42.4 Å². The van der Waals surface area contributed by atoms with Crippen molar-refractivity contribution in [2.45, 2.75) is 70.1 Å². The maximum Gasteiger partial charge on any atom is 0.273 e. The standard InChI is InChI=1S/C21H25ClN2O2S/c22-15-9-11-18(12-10-15)26-13-20-23-19(14-27-20)21(25)24(16-5-1-2-6-16)17-7-3-4-8-17/h9-12,14,16-17H,1-8,13H2. The van der Waals surface area contributed by atoms with E-state index in [1.165, 1.54) is 37.0 Å². The molecule has 0 radical (unpaired) electrons. The minimum atomic E-state index is 0.114. The Morgan fingerprint density at radius 3 is 2.26 bits per heavy atom. The van der Waals surface area contributed by atoms with E-state index >= 15 is 0 Å². The van der Waals surface area contributed by atoms with E-state index in [4.69, 9.17) is 16.3 Å². The van der Waals surface area contributed by atoms with Gasteiger partial charge in [-0.15, -0.1) is 11.3 Å². The third-order valence-electron chi connectivity index (χ3n) is 5.62. The van der Waals surface area contributed by atoms with Crippen LogP contribution in [0.5, 0.6) is 5.75 Å². The first-order chi connectivity index (χ1) is 13.2. The largest absolute Gasteiger partial charge is 0.486 e. The van der Waals surface area contributed by atoms with Gasteiger partial charge in [0, 0.05) is 22.5 Å². The van der Waals surface area contributed by atoms with Crippen LogP contribution in [-0.4, -0.2) is 27.9 Å². The third kappa shape index (κ3) is 4.46. The lowest BCUT2D eigenvalue weighted by atomic mass is 10.1. The summed E-state index contributed by atoms with van der Waals surface area (Å²) >= 11 is 7.39. The molecule has 4 rings (SSSR count). The molecule has 1 aromatic carbocycles. The Morgan fingerprint density at radius 1 is 1.07 bits per heavy atom. The first-order valence-electron chi connectivity index (χ1n) is 9.86. The van der Waals surface area contributed by atoms with Crippen LogP contribution in [0.2, 0.25) is 5.02 Å². The van der Waals surface area contributed by atoms with Crippen molar-refractivity contribution >= 4 is 28.8 Å². The van der Waals surface area contributed by atoms with Crippen LogP contribution in [0.4, 0.5) is 0 Å². The predicted octanol–water partition coefficient (Wildman–Crippen LogP) is 5.70.